The van der Waals surface area contributed by atoms with Crippen molar-refractivity contribution in [2.45, 2.75) is 58.8 Å². The fraction of sp³-hybridized carbons (Fsp3) is 1.00. The minimum Gasteiger partial charge on any atom is -0.0654 e. The van der Waals surface area contributed by atoms with Crippen molar-refractivity contribution in [3.05, 3.63) is 0 Å². The Balaban J connectivity index is 1.96. The lowest BCUT2D eigenvalue weighted by molar-refractivity contribution is 0.118. The van der Waals surface area contributed by atoms with Gasteiger partial charge in [0.05, 0.1) is 0 Å². The zero-order valence-electron chi connectivity index (χ0n) is 9.26. The fourth-order valence-electron chi connectivity index (χ4n) is 3.93. The van der Waals surface area contributed by atoms with Crippen molar-refractivity contribution in [3.63, 3.8) is 0 Å². The van der Waals surface area contributed by atoms with E-state index in [0.717, 1.165) is 23.7 Å². The molecule has 2 fully saturated rings. The van der Waals surface area contributed by atoms with Crippen LogP contribution in [0.2, 0.25) is 0 Å². The first-order valence-corrected chi connectivity index (χ1v) is 6.33. The molecule has 0 amide bonds. The normalized spacial score (nSPS) is 44.8. The molecule has 0 aliphatic heterocycles. The summed E-state index contributed by atoms with van der Waals surface area (Å²) in [7, 11) is 0. The van der Waals surface area contributed by atoms with Gasteiger partial charge in [-0.05, 0) is 42.9 Å². The van der Waals surface area contributed by atoms with E-state index in [1.807, 2.05) is 0 Å². The summed E-state index contributed by atoms with van der Waals surface area (Å²) in [6.07, 6.45) is 10.6. The molecular weight excluding hydrogens is 156 g/mol. The van der Waals surface area contributed by atoms with E-state index in [1.54, 1.807) is 19.3 Å². The Bertz CT molecular complexity index is 161. The smallest absolute Gasteiger partial charge is 0.0357 e. The third-order valence-electron chi connectivity index (χ3n) is 4.70. The van der Waals surface area contributed by atoms with Crippen molar-refractivity contribution >= 4 is 0 Å². The van der Waals surface area contributed by atoms with Crippen molar-refractivity contribution in [1.82, 2.24) is 0 Å². The van der Waals surface area contributed by atoms with Gasteiger partial charge in [-0.1, -0.05) is 39.5 Å². The van der Waals surface area contributed by atoms with Gasteiger partial charge in [0, 0.05) is 0 Å². The van der Waals surface area contributed by atoms with Crippen LogP contribution in [-0.2, 0) is 0 Å². The molecule has 0 N–H and O–H groups in total. The highest BCUT2D eigenvalue weighted by atomic mass is 14.4. The van der Waals surface area contributed by atoms with E-state index in [0.29, 0.717) is 0 Å². The summed E-state index contributed by atoms with van der Waals surface area (Å²) in [5, 5.41) is 0. The molecule has 4 atom stereocenters. The Hall–Kier alpha value is 0. The van der Waals surface area contributed by atoms with Gasteiger partial charge in [-0.15, -0.1) is 0 Å². The molecule has 0 bridgehead atoms. The lowest BCUT2D eigenvalue weighted by Crippen LogP contribution is -2.29. The summed E-state index contributed by atoms with van der Waals surface area (Å²) in [4.78, 5) is 0. The maximum atomic E-state index is 2.53. The van der Waals surface area contributed by atoms with E-state index in [2.05, 4.69) is 13.8 Å². The van der Waals surface area contributed by atoms with Gasteiger partial charge in [0.1, 0.15) is 0 Å². The van der Waals surface area contributed by atoms with Crippen LogP contribution in [0.15, 0.2) is 0 Å². The molecule has 13 heavy (non-hydrogen) atoms. The summed E-state index contributed by atoms with van der Waals surface area (Å²) in [6, 6.07) is 0. The van der Waals surface area contributed by atoms with Crippen LogP contribution in [0.5, 0.6) is 0 Å². The van der Waals surface area contributed by atoms with Crippen LogP contribution in [0.4, 0.5) is 0 Å². The molecule has 0 heteroatoms. The summed E-state index contributed by atoms with van der Waals surface area (Å²) >= 11 is 0. The van der Waals surface area contributed by atoms with E-state index >= 15 is 0 Å². The van der Waals surface area contributed by atoms with E-state index in [1.165, 1.54) is 25.7 Å². The second-order valence-electron chi connectivity index (χ2n) is 5.34. The highest BCUT2D eigenvalue weighted by Crippen LogP contribution is 2.48. The van der Waals surface area contributed by atoms with Gasteiger partial charge < -0.3 is 0 Å². The monoisotopic (exact) mass is 180 g/mol. The van der Waals surface area contributed by atoms with Gasteiger partial charge in [-0.3, -0.25) is 0 Å². The fourth-order valence-corrected chi connectivity index (χ4v) is 3.93. The van der Waals surface area contributed by atoms with Gasteiger partial charge >= 0.3 is 0 Å². The summed E-state index contributed by atoms with van der Waals surface area (Å²) in [5.74, 6) is 4.36. The van der Waals surface area contributed by atoms with E-state index in [-0.39, 0.29) is 0 Å². The number of fused-ring (bicyclic) bond motifs is 1. The molecular formula is C13H24. The molecule has 0 aromatic carbocycles. The maximum absolute atomic E-state index is 2.53. The molecule has 0 aromatic rings. The second-order valence-corrected chi connectivity index (χ2v) is 5.34. The average Bonchev–Trinajstić information content (AvgIpc) is 2.58. The van der Waals surface area contributed by atoms with E-state index in [4.69, 9.17) is 0 Å². The topological polar surface area (TPSA) is 0 Å². The standard InChI is InChI=1S/C13H24/c1-3-5-11-8-9-12-6-4-7-13(12)10(11)2/h10-13H,3-9H2,1-2H3. The molecule has 0 saturated heterocycles. The lowest BCUT2D eigenvalue weighted by atomic mass is 9.67. The Morgan fingerprint density at radius 2 is 1.92 bits per heavy atom. The average molecular weight is 180 g/mol. The van der Waals surface area contributed by atoms with Gasteiger partial charge in [0.15, 0.2) is 0 Å². The minimum atomic E-state index is 1.04. The van der Waals surface area contributed by atoms with Gasteiger partial charge in [-0.2, -0.15) is 0 Å². The molecule has 0 nitrogen and oxygen atoms in total. The van der Waals surface area contributed by atoms with Crippen LogP contribution < -0.4 is 0 Å². The molecule has 2 rings (SSSR count). The highest BCUT2D eigenvalue weighted by molar-refractivity contribution is 4.88. The van der Waals surface area contributed by atoms with Gasteiger partial charge in [-0.25, -0.2) is 0 Å². The zero-order valence-corrected chi connectivity index (χ0v) is 9.26. The summed E-state index contributed by atoms with van der Waals surface area (Å²) < 4.78 is 0. The van der Waals surface area contributed by atoms with Gasteiger partial charge in [0.2, 0.25) is 0 Å². The zero-order chi connectivity index (χ0) is 9.26. The molecule has 0 spiro atoms. The first-order valence-electron chi connectivity index (χ1n) is 6.33. The molecule has 0 aromatic heterocycles. The molecule has 0 radical (unpaired) electrons. The van der Waals surface area contributed by atoms with Crippen LogP contribution in [0.25, 0.3) is 0 Å². The predicted octanol–water partition coefficient (Wildman–Crippen LogP) is 4.25. The number of hydrogen-bond acceptors (Lipinski definition) is 0. The third kappa shape index (κ3) is 1.78. The summed E-state index contributed by atoms with van der Waals surface area (Å²) in [5.41, 5.74) is 0. The first-order chi connectivity index (χ1) is 6.33. The van der Waals surface area contributed by atoms with Crippen molar-refractivity contribution in [2.24, 2.45) is 23.7 Å². The first kappa shape index (κ1) is 9.55. The van der Waals surface area contributed by atoms with Crippen LogP contribution >= 0.6 is 0 Å². The van der Waals surface area contributed by atoms with E-state index in [9.17, 15) is 0 Å². The Morgan fingerprint density at radius 1 is 1.08 bits per heavy atom. The minimum absolute atomic E-state index is 1.04. The van der Waals surface area contributed by atoms with Crippen molar-refractivity contribution < 1.29 is 0 Å². The van der Waals surface area contributed by atoms with Crippen LogP contribution in [0, 0.1) is 23.7 Å². The number of hydrogen-bond donors (Lipinski definition) is 0. The largest absolute Gasteiger partial charge is 0.0654 e. The maximum Gasteiger partial charge on any atom is -0.0357 e. The van der Waals surface area contributed by atoms with Gasteiger partial charge in [0.25, 0.3) is 0 Å². The van der Waals surface area contributed by atoms with E-state index < -0.39 is 0 Å². The van der Waals surface area contributed by atoms with Crippen LogP contribution in [0.1, 0.15) is 58.8 Å². The van der Waals surface area contributed by atoms with Crippen molar-refractivity contribution in [2.75, 3.05) is 0 Å². The second kappa shape index (κ2) is 4.02. The Kier molecular flexibility index (Phi) is 2.96. The molecule has 76 valence electrons. The Labute approximate surface area is 83.1 Å². The molecule has 2 saturated carbocycles. The van der Waals surface area contributed by atoms with Crippen molar-refractivity contribution in [3.8, 4) is 0 Å². The molecule has 4 unspecified atom stereocenters. The SMILES string of the molecule is CCCC1CCC2CCCC2C1C. The summed E-state index contributed by atoms with van der Waals surface area (Å²) in [6.45, 7) is 4.87. The predicted molar refractivity (Wildman–Crippen MR) is 57.6 cm³/mol. The lowest BCUT2D eigenvalue weighted by Gasteiger charge is -2.38. The third-order valence-corrected chi connectivity index (χ3v) is 4.70. The molecule has 0 heterocycles. The highest BCUT2D eigenvalue weighted by Gasteiger charge is 2.38. The van der Waals surface area contributed by atoms with Crippen LogP contribution in [0.3, 0.4) is 0 Å². The Morgan fingerprint density at radius 3 is 2.69 bits per heavy atom. The molecule has 2 aliphatic rings. The van der Waals surface area contributed by atoms with Crippen LogP contribution in [-0.4, -0.2) is 0 Å². The van der Waals surface area contributed by atoms with Crippen molar-refractivity contribution in [1.29, 1.82) is 0 Å². The quantitative estimate of drug-likeness (QED) is 0.596. The number of rotatable bonds is 2. The molecule has 2 aliphatic carbocycles.